The molecule has 2 aromatic rings. The molecule has 0 aliphatic heterocycles. The second kappa shape index (κ2) is 5.37. The molecule has 0 aromatic heterocycles. The molecule has 0 heterocycles. The quantitative estimate of drug-likeness (QED) is 0.605. The van der Waals surface area contributed by atoms with Crippen LogP contribution in [-0.2, 0) is 6.54 Å². The summed E-state index contributed by atoms with van der Waals surface area (Å²) in [6, 6.07) is 17.3. The summed E-state index contributed by atoms with van der Waals surface area (Å²) >= 11 is 0. The van der Waals surface area contributed by atoms with Crippen LogP contribution < -0.4 is 0 Å². The van der Waals surface area contributed by atoms with E-state index in [1.165, 1.54) is 0 Å². The molecule has 0 fully saturated rings. The Bertz CT molecular complexity index is 567. The first kappa shape index (κ1) is 13.5. The minimum absolute atomic E-state index is 0.102. The normalized spacial score (nSPS) is 11.3. The van der Waals surface area contributed by atoms with E-state index < -0.39 is 0 Å². The van der Waals surface area contributed by atoms with Crippen LogP contribution >= 0.6 is 0 Å². The van der Waals surface area contributed by atoms with Gasteiger partial charge < -0.3 is 4.48 Å². The van der Waals surface area contributed by atoms with Gasteiger partial charge in [0, 0.05) is 16.7 Å². The van der Waals surface area contributed by atoms with E-state index in [4.69, 9.17) is 0 Å². The lowest BCUT2D eigenvalue weighted by molar-refractivity contribution is -0.884. The van der Waals surface area contributed by atoms with Gasteiger partial charge in [-0.15, -0.1) is 0 Å². The molecule has 19 heavy (non-hydrogen) atoms. The number of benzene rings is 2. The maximum Gasteiger partial charge on any atom is 0.193 e. The largest absolute Gasteiger partial charge is 0.327 e. The highest BCUT2D eigenvalue weighted by atomic mass is 16.1. The van der Waals surface area contributed by atoms with Crippen molar-refractivity contribution in [2.45, 2.75) is 6.54 Å². The van der Waals surface area contributed by atoms with Gasteiger partial charge in [-0.2, -0.15) is 0 Å². The molecule has 0 atom stereocenters. The van der Waals surface area contributed by atoms with Gasteiger partial charge >= 0.3 is 0 Å². The highest BCUT2D eigenvalue weighted by Gasteiger charge is 2.17. The third-order valence-corrected chi connectivity index (χ3v) is 2.94. The van der Waals surface area contributed by atoms with E-state index in [0.717, 1.165) is 27.7 Å². The van der Waals surface area contributed by atoms with E-state index in [-0.39, 0.29) is 5.78 Å². The summed E-state index contributed by atoms with van der Waals surface area (Å²) in [7, 11) is 6.39. The number of carbonyl (C=O) groups excluding carboxylic acids is 1. The summed E-state index contributed by atoms with van der Waals surface area (Å²) in [6.07, 6.45) is 0. The summed E-state index contributed by atoms with van der Waals surface area (Å²) in [5.74, 6) is 0.102. The average molecular weight is 254 g/mol. The molecule has 0 aliphatic carbocycles. The van der Waals surface area contributed by atoms with E-state index in [0.29, 0.717) is 0 Å². The summed E-state index contributed by atoms with van der Waals surface area (Å²) < 4.78 is 0.805. The number of hydrogen-bond acceptors (Lipinski definition) is 1. The molecule has 0 unspecified atom stereocenters. The van der Waals surface area contributed by atoms with Gasteiger partial charge in [0.05, 0.1) is 21.1 Å². The Morgan fingerprint density at radius 3 is 2.11 bits per heavy atom. The molecule has 0 aliphatic rings. The summed E-state index contributed by atoms with van der Waals surface area (Å²) in [5.41, 5.74) is 2.65. The van der Waals surface area contributed by atoms with Gasteiger partial charge in [-0.05, 0) is 0 Å². The second-order valence-corrected chi connectivity index (χ2v) is 5.80. The van der Waals surface area contributed by atoms with Crippen molar-refractivity contribution < 1.29 is 9.28 Å². The van der Waals surface area contributed by atoms with Crippen molar-refractivity contribution in [2.75, 3.05) is 21.1 Å². The van der Waals surface area contributed by atoms with Gasteiger partial charge in [-0.3, -0.25) is 4.79 Å². The number of rotatable bonds is 4. The van der Waals surface area contributed by atoms with Crippen LogP contribution in [0.15, 0.2) is 54.6 Å². The molecular formula is C17H20NO+. The predicted molar refractivity (Wildman–Crippen MR) is 78.1 cm³/mol. The summed E-state index contributed by atoms with van der Waals surface area (Å²) in [4.78, 5) is 12.5. The fraction of sp³-hybridized carbons (Fsp3) is 0.235. The highest BCUT2D eigenvalue weighted by Crippen LogP contribution is 2.17. The van der Waals surface area contributed by atoms with E-state index in [1.54, 1.807) is 0 Å². The lowest BCUT2D eigenvalue weighted by atomic mass is 9.98. The second-order valence-electron chi connectivity index (χ2n) is 5.80. The molecular weight excluding hydrogens is 234 g/mol. The zero-order chi connectivity index (χ0) is 13.9. The maximum atomic E-state index is 12.5. The van der Waals surface area contributed by atoms with Crippen molar-refractivity contribution in [1.82, 2.24) is 0 Å². The first-order valence-corrected chi connectivity index (χ1v) is 6.45. The smallest absolute Gasteiger partial charge is 0.193 e. The van der Waals surface area contributed by atoms with Gasteiger partial charge in [-0.1, -0.05) is 54.6 Å². The Kier molecular flexibility index (Phi) is 3.82. The molecule has 98 valence electrons. The van der Waals surface area contributed by atoms with Crippen LogP contribution in [-0.4, -0.2) is 31.4 Å². The number of quaternary nitrogens is 1. The van der Waals surface area contributed by atoms with Crippen molar-refractivity contribution in [3.63, 3.8) is 0 Å². The molecule has 0 bridgehead atoms. The number of hydrogen-bond donors (Lipinski definition) is 0. The van der Waals surface area contributed by atoms with Crippen molar-refractivity contribution >= 4 is 5.78 Å². The topological polar surface area (TPSA) is 17.1 Å². The Balaban J connectivity index is 2.38. The van der Waals surface area contributed by atoms with Crippen LogP contribution in [0.5, 0.6) is 0 Å². The molecule has 2 rings (SSSR count). The van der Waals surface area contributed by atoms with Crippen molar-refractivity contribution in [3.05, 3.63) is 71.3 Å². The zero-order valence-electron chi connectivity index (χ0n) is 11.8. The highest BCUT2D eigenvalue weighted by molar-refractivity contribution is 6.09. The zero-order valence-corrected chi connectivity index (χ0v) is 11.8. The van der Waals surface area contributed by atoms with E-state index in [2.05, 4.69) is 21.1 Å². The Labute approximate surface area is 114 Å². The molecule has 0 saturated heterocycles. The first-order chi connectivity index (χ1) is 8.97. The van der Waals surface area contributed by atoms with E-state index in [9.17, 15) is 4.79 Å². The SMILES string of the molecule is C[N+](C)(C)Cc1ccccc1C(=O)c1ccccc1. The lowest BCUT2D eigenvalue weighted by Crippen LogP contribution is -2.34. The Hall–Kier alpha value is -1.93. The standard InChI is InChI=1S/C17H20NO/c1-18(2,3)13-15-11-7-8-12-16(15)17(19)14-9-5-4-6-10-14/h4-12H,13H2,1-3H3/q+1. The van der Waals surface area contributed by atoms with Gasteiger partial charge in [0.2, 0.25) is 0 Å². The first-order valence-electron chi connectivity index (χ1n) is 6.45. The van der Waals surface area contributed by atoms with Crippen LogP contribution in [0.2, 0.25) is 0 Å². The van der Waals surface area contributed by atoms with Crippen LogP contribution in [0.4, 0.5) is 0 Å². The van der Waals surface area contributed by atoms with Gasteiger partial charge in [0.1, 0.15) is 6.54 Å². The molecule has 0 radical (unpaired) electrons. The fourth-order valence-electron chi connectivity index (χ4n) is 2.14. The minimum atomic E-state index is 0.102. The molecule has 0 N–H and O–H groups in total. The van der Waals surface area contributed by atoms with Crippen LogP contribution in [0.25, 0.3) is 0 Å². The monoisotopic (exact) mass is 254 g/mol. The average Bonchev–Trinajstić information content (AvgIpc) is 2.38. The molecule has 2 nitrogen and oxygen atoms in total. The maximum absolute atomic E-state index is 12.5. The molecule has 0 saturated carbocycles. The van der Waals surface area contributed by atoms with Gasteiger partial charge in [0.15, 0.2) is 5.78 Å². The predicted octanol–water partition coefficient (Wildman–Crippen LogP) is 3.12. The number of ketones is 1. The Morgan fingerprint density at radius 2 is 1.47 bits per heavy atom. The van der Waals surface area contributed by atoms with Crippen LogP contribution in [0, 0.1) is 0 Å². The van der Waals surface area contributed by atoms with Gasteiger partial charge in [-0.25, -0.2) is 0 Å². The van der Waals surface area contributed by atoms with Crippen LogP contribution in [0.3, 0.4) is 0 Å². The fourth-order valence-corrected chi connectivity index (χ4v) is 2.14. The number of nitrogens with zero attached hydrogens (tertiary/aromatic N) is 1. The van der Waals surface area contributed by atoms with Gasteiger partial charge in [0.25, 0.3) is 0 Å². The molecule has 0 spiro atoms. The molecule has 0 amide bonds. The third kappa shape index (κ3) is 3.52. The lowest BCUT2D eigenvalue weighted by Gasteiger charge is -2.25. The van der Waals surface area contributed by atoms with Crippen LogP contribution in [0.1, 0.15) is 21.5 Å². The minimum Gasteiger partial charge on any atom is -0.327 e. The van der Waals surface area contributed by atoms with Crippen molar-refractivity contribution in [2.24, 2.45) is 0 Å². The molecule has 2 aromatic carbocycles. The van der Waals surface area contributed by atoms with Crippen molar-refractivity contribution in [1.29, 1.82) is 0 Å². The van der Waals surface area contributed by atoms with E-state index in [1.807, 2.05) is 54.6 Å². The Morgan fingerprint density at radius 1 is 0.895 bits per heavy atom. The summed E-state index contributed by atoms with van der Waals surface area (Å²) in [5, 5.41) is 0. The van der Waals surface area contributed by atoms with E-state index >= 15 is 0 Å². The summed E-state index contributed by atoms with van der Waals surface area (Å²) in [6.45, 7) is 0.842. The number of carbonyl (C=O) groups is 1. The third-order valence-electron chi connectivity index (χ3n) is 2.94. The van der Waals surface area contributed by atoms with Crippen molar-refractivity contribution in [3.8, 4) is 0 Å². The molecule has 2 heteroatoms.